The summed E-state index contributed by atoms with van der Waals surface area (Å²) in [6.45, 7) is 3.99. The largest absolute Gasteiger partial charge is 0.505 e. The Kier molecular flexibility index (Phi) is 6.15. The SMILES string of the molecule is Cc1ccc(CC2(O)CCN(CC(O)Cc3ccc(O)c(F)c3)CC2)cc1. The number of benzene rings is 2. The highest BCUT2D eigenvalue weighted by atomic mass is 19.1. The third-order valence-electron chi connectivity index (χ3n) is 5.39. The first-order chi connectivity index (χ1) is 12.8. The van der Waals surface area contributed by atoms with Crippen LogP contribution < -0.4 is 0 Å². The van der Waals surface area contributed by atoms with E-state index in [1.807, 2.05) is 0 Å². The van der Waals surface area contributed by atoms with E-state index in [1.165, 1.54) is 17.7 Å². The zero-order valence-corrected chi connectivity index (χ0v) is 15.7. The molecule has 1 aliphatic heterocycles. The Bertz CT molecular complexity index is 755. The molecule has 5 heteroatoms. The average Bonchev–Trinajstić information content (AvgIpc) is 2.62. The normalized spacial score (nSPS) is 18.4. The lowest BCUT2D eigenvalue weighted by Crippen LogP contribution is -2.47. The van der Waals surface area contributed by atoms with Gasteiger partial charge in [0.2, 0.25) is 0 Å². The van der Waals surface area contributed by atoms with Crippen LogP contribution in [0, 0.1) is 12.7 Å². The van der Waals surface area contributed by atoms with Crippen LogP contribution in [-0.4, -0.2) is 51.6 Å². The number of piperidine rings is 1. The number of aryl methyl sites for hydroxylation is 1. The molecule has 1 atom stereocenters. The van der Waals surface area contributed by atoms with Gasteiger partial charge in [0.25, 0.3) is 0 Å². The molecule has 0 spiro atoms. The standard InChI is InChI=1S/C22H28FNO3/c1-16-2-4-17(5-3-16)14-22(27)8-10-24(11-9-22)15-19(25)12-18-6-7-21(26)20(23)13-18/h2-7,13,19,25-27H,8-12,14-15H2,1H3. The minimum absolute atomic E-state index is 0.335. The minimum Gasteiger partial charge on any atom is -0.505 e. The summed E-state index contributed by atoms with van der Waals surface area (Å²) in [5.74, 6) is -1.05. The summed E-state index contributed by atoms with van der Waals surface area (Å²) >= 11 is 0. The molecular weight excluding hydrogens is 345 g/mol. The Morgan fingerprint density at radius 1 is 1.07 bits per heavy atom. The number of hydrogen-bond acceptors (Lipinski definition) is 4. The van der Waals surface area contributed by atoms with Crippen LogP contribution >= 0.6 is 0 Å². The van der Waals surface area contributed by atoms with E-state index in [1.54, 1.807) is 6.07 Å². The van der Waals surface area contributed by atoms with Gasteiger partial charge in [-0.1, -0.05) is 35.9 Å². The maximum Gasteiger partial charge on any atom is 0.165 e. The van der Waals surface area contributed by atoms with E-state index in [-0.39, 0.29) is 5.75 Å². The predicted molar refractivity (Wildman–Crippen MR) is 103 cm³/mol. The molecule has 3 rings (SSSR count). The second-order valence-corrected chi connectivity index (χ2v) is 7.83. The van der Waals surface area contributed by atoms with Crippen molar-refractivity contribution in [3.8, 4) is 5.75 Å². The fraction of sp³-hybridized carbons (Fsp3) is 0.455. The first kappa shape index (κ1) is 19.8. The second kappa shape index (κ2) is 8.38. The van der Waals surface area contributed by atoms with E-state index in [0.717, 1.165) is 18.7 Å². The van der Waals surface area contributed by atoms with Gasteiger partial charge in [-0.2, -0.15) is 0 Å². The molecular formula is C22H28FNO3. The summed E-state index contributed by atoms with van der Waals surface area (Å²) in [5, 5.41) is 30.4. The number of aliphatic hydroxyl groups excluding tert-OH is 1. The van der Waals surface area contributed by atoms with Crippen LogP contribution in [0.25, 0.3) is 0 Å². The molecule has 0 radical (unpaired) electrons. The molecule has 4 nitrogen and oxygen atoms in total. The maximum absolute atomic E-state index is 13.4. The highest BCUT2D eigenvalue weighted by Gasteiger charge is 2.32. The van der Waals surface area contributed by atoms with Gasteiger partial charge >= 0.3 is 0 Å². The Morgan fingerprint density at radius 2 is 1.70 bits per heavy atom. The first-order valence-electron chi connectivity index (χ1n) is 9.49. The molecule has 27 heavy (non-hydrogen) atoms. The van der Waals surface area contributed by atoms with Crippen LogP contribution in [0.5, 0.6) is 5.75 Å². The van der Waals surface area contributed by atoms with Crippen LogP contribution in [-0.2, 0) is 12.8 Å². The molecule has 1 aliphatic rings. The highest BCUT2D eigenvalue weighted by molar-refractivity contribution is 5.28. The van der Waals surface area contributed by atoms with Crippen molar-refractivity contribution in [2.45, 2.75) is 44.3 Å². The Balaban J connectivity index is 1.48. The molecule has 0 amide bonds. The number of β-amino-alcohol motifs (C(OH)–C–C–N with tert-alkyl or cyclic N) is 1. The third kappa shape index (κ3) is 5.51. The van der Waals surface area contributed by atoms with E-state index in [2.05, 4.69) is 36.1 Å². The van der Waals surface area contributed by atoms with E-state index in [4.69, 9.17) is 0 Å². The molecule has 0 bridgehead atoms. The predicted octanol–water partition coefficient (Wildman–Crippen LogP) is 2.81. The van der Waals surface area contributed by atoms with Gasteiger partial charge in [0, 0.05) is 26.1 Å². The molecule has 3 N–H and O–H groups in total. The van der Waals surface area contributed by atoms with Gasteiger partial charge in [-0.25, -0.2) is 4.39 Å². The average molecular weight is 373 g/mol. The van der Waals surface area contributed by atoms with Gasteiger partial charge in [0.15, 0.2) is 11.6 Å². The van der Waals surface area contributed by atoms with Gasteiger partial charge in [-0.15, -0.1) is 0 Å². The fourth-order valence-electron chi connectivity index (χ4n) is 3.73. The molecule has 2 aromatic carbocycles. The van der Waals surface area contributed by atoms with Crippen molar-refractivity contribution in [3.05, 3.63) is 65.0 Å². The smallest absolute Gasteiger partial charge is 0.165 e. The summed E-state index contributed by atoms with van der Waals surface area (Å²) in [6, 6.07) is 12.5. The van der Waals surface area contributed by atoms with Crippen LogP contribution in [0.4, 0.5) is 4.39 Å². The lowest BCUT2D eigenvalue weighted by Gasteiger charge is -2.39. The Labute approximate surface area is 159 Å². The lowest BCUT2D eigenvalue weighted by molar-refractivity contribution is -0.0292. The van der Waals surface area contributed by atoms with E-state index < -0.39 is 17.5 Å². The van der Waals surface area contributed by atoms with Crippen molar-refractivity contribution in [3.63, 3.8) is 0 Å². The number of hydrogen-bond donors (Lipinski definition) is 3. The van der Waals surface area contributed by atoms with Crippen LogP contribution in [0.3, 0.4) is 0 Å². The summed E-state index contributed by atoms with van der Waals surface area (Å²) in [4.78, 5) is 2.14. The fourth-order valence-corrected chi connectivity index (χ4v) is 3.73. The lowest BCUT2D eigenvalue weighted by atomic mass is 9.85. The number of rotatable bonds is 6. The summed E-state index contributed by atoms with van der Waals surface area (Å²) in [7, 11) is 0. The van der Waals surface area contributed by atoms with Crippen LogP contribution in [0.2, 0.25) is 0 Å². The number of aromatic hydroxyl groups is 1. The van der Waals surface area contributed by atoms with Gasteiger partial charge in [0.05, 0.1) is 11.7 Å². The summed E-state index contributed by atoms with van der Waals surface area (Å²) < 4.78 is 13.4. The van der Waals surface area contributed by atoms with E-state index >= 15 is 0 Å². The topological polar surface area (TPSA) is 63.9 Å². The quantitative estimate of drug-likeness (QED) is 0.729. The number of phenolic OH excluding ortho intramolecular Hbond substituents is 1. The van der Waals surface area contributed by atoms with Crippen molar-refractivity contribution in [2.24, 2.45) is 0 Å². The molecule has 0 aliphatic carbocycles. The third-order valence-corrected chi connectivity index (χ3v) is 5.39. The summed E-state index contributed by atoms with van der Waals surface area (Å²) in [6.07, 6.45) is 1.71. The molecule has 0 saturated carbocycles. The molecule has 2 aromatic rings. The van der Waals surface area contributed by atoms with Crippen LogP contribution in [0.1, 0.15) is 29.5 Å². The zero-order chi connectivity index (χ0) is 19.4. The van der Waals surface area contributed by atoms with E-state index in [0.29, 0.717) is 37.8 Å². The molecule has 146 valence electrons. The van der Waals surface area contributed by atoms with Crippen molar-refractivity contribution in [1.29, 1.82) is 0 Å². The Hall–Kier alpha value is -1.95. The number of phenols is 1. The number of likely N-dealkylation sites (tertiary alicyclic amines) is 1. The first-order valence-corrected chi connectivity index (χ1v) is 9.49. The van der Waals surface area contributed by atoms with Gasteiger partial charge in [-0.3, -0.25) is 0 Å². The van der Waals surface area contributed by atoms with Crippen molar-refractivity contribution in [2.75, 3.05) is 19.6 Å². The number of nitrogens with zero attached hydrogens (tertiary/aromatic N) is 1. The van der Waals surface area contributed by atoms with Crippen molar-refractivity contribution < 1.29 is 19.7 Å². The molecule has 0 aromatic heterocycles. The van der Waals surface area contributed by atoms with Gasteiger partial charge in [-0.05, 0) is 49.4 Å². The number of halogens is 1. The highest BCUT2D eigenvalue weighted by Crippen LogP contribution is 2.27. The number of aliphatic hydroxyl groups is 2. The molecule has 1 heterocycles. The maximum atomic E-state index is 13.4. The second-order valence-electron chi connectivity index (χ2n) is 7.83. The molecule has 1 saturated heterocycles. The van der Waals surface area contributed by atoms with Crippen molar-refractivity contribution in [1.82, 2.24) is 4.90 Å². The molecule has 1 unspecified atom stereocenters. The van der Waals surface area contributed by atoms with E-state index in [9.17, 15) is 19.7 Å². The van der Waals surface area contributed by atoms with Crippen molar-refractivity contribution >= 4 is 0 Å². The zero-order valence-electron chi connectivity index (χ0n) is 15.7. The summed E-state index contributed by atoms with van der Waals surface area (Å²) in [5.41, 5.74) is 2.32. The minimum atomic E-state index is -0.698. The van der Waals surface area contributed by atoms with Gasteiger partial charge in [0.1, 0.15) is 0 Å². The Morgan fingerprint density at radius 3 is 2.33 bits per heavy atom. The monoisotopic (exact) mass is 373 g/mol. The van der Waals surface area contributed by atoms with Crippen LogP contribution in [0.15, 0.2) is 42.5 Å². The van der Waals surface area contributed by atoms with Gasteiger partial charge < -0.3 is 20.2 Å². The molecule has 1 fully saturated rings.